The largest absolute Gasteiger partial charge is 0.477 e. The molecule has 2 atom stereocenters. The first-order valence-corrected chi connectivity index (χ1v) is 8.24. The van der Waals surface area contributed by atoms with Gasteiger partial charge < -0.3 is 15.2 Å². The van der Waals surface area contributed by atoms with E-state index >= 15 is 0 Å². The highest BCUT2D eigenvalue weighted by molar-refractivity contribution is 8.00. The number of fused-ring (bicyclic) bond motifs is 1. The SMILES string of the molecule is CCCC(=O)N[C@H]1C(=O)N2C(C(=O)O)=C(COC(C)=O)CS[C@@H]12. The van der Waals surface area contributed by atoms with Crippen molar-refractivity contribution in [2.45, 2.75) is 38.1 Å². The fourth-order valence-electron chi connectivity index (χ4n) is 2.46. The molecule has 2 rings (SSSR count). The Hall–Kier alpha value is -2.03. The van der Waals surface area contributed by atoms with Gasteiger partial charge in [-0.2, -0.15) is 0 Å². The number of carboxylic acid groups (broad SMARTS) is 1. The second-order valence-corrected chi connectivity index (χ2v) is 6.35. The van der Waals surface area contributed by atoms with Crippen molar-refractivity contribution in [3.63, 3.8) is 0 Å². The number of rotatable bonds is 6. The Morgan fingerprint density at radius 1 is 1.43 bits per heavy atom. The molecule has 0 radical (unpaired) electrons. The number of nitrogens with one attached hydrogen (secondary N) is 1. The normalized spacial score (nSPS) is 23.0. The van der Waals surface area contributed by atoms with Crippen molar-refractivity contribution >= 4 is 35.5 Å². The van der Waals surface area contributed by atoms with Gasteiger partial charge in [-0.3, -0.25) is 19.3 Å². The van der Waals surface area contributed by atoms with E-state index in [0.717, 1.165) is 4.90 Å². The van der Waals surface area contributed by atoms with Crippen LogP contribution in [-0.4, -0.2) is 57.5 Å². The first-order chi connectivity index (χ1) is 10.9. The van der Waals surface area contributed by atoms with Crippen LogP contribution < -0.4 is 5.32 Å². The summed E-state index contributed by atoms with van der Waals surface area (Å²) in [5.74, 6) is -2.12. The van der Waals surface area contributed by atoms with Crippen LogP contribution in [0, 0.1) is 0 Å². The molecule has 2 N–H and O–H groups in total. The molecule has 1 saturated heterocycles. The van der Waals surface area contributed by atoms with Gasteiger partial charge in [-0.1, -0.05) is 6.92 Å². The molecule has 0 aromatic carbocycles. The van der Waals surface area contributed by atoms with Gasteiger partial charge in [0.25, 0.3) is 5.91 Å². The Kier molecular flexibility index (Phi) is 5.30. The van der Waals surface area contributed by atoms with Crippen molar-refractivity contribution in [1.82, 2.24) is 10.2 Å². The van der Waals surface area contributed by atoms with Gasteiger partial charge in [0.1, 0.15) is 23.7 Å². The van der Waals surface area contributed by atoms with Crippen LogP contribution in [0.3, 0.4) is 0 Å². The molecule has 1 fully saturated rings. The molecule has 2 aliphatic heterocycles. The molecule has 0 unspecified atom stereocenters. The van der Waals surface area contributed by atoms with Crippen molar-refractivity contribution in [3.8, 4) is 0 Å². The van der Waals surface area contributed by atoms with E-state index in [1.807, 2.05) is 6.92 Å². The van der Waals surface area contributed by atoms with Gasteiger partial charge in [0.15, 0.2) is 0 Å². The fourth-order valence-corrected chi connectivity index (χ4v) is 3.78. The van der Waals surface area contributed by atoms with E-state index in [9.17, 15) is 24.3 Å². The maximum atomic E-state index is 12.2. The standard InChI is InChI=1S/C14H18N2O6S/c1-3-4-9(18)15-10-12(19)16-11(14(20)21)8(5-22-7(2)17)6-23-13(10)16/h10,13H,3-6H2,1-2H3,(H,15,18)(H,20,21)/t10-,13-/m0/s1. The van der Waals surface area contributed by atoms with Crippen molar-refractivity contribution < 1.29 is 29.0 Å². The number of carbonyl (C=O) groups is 4. The topological polar surface area (TPSA) is 113 Å². The quantitative estimate of drug-likeness (QED) is 0.519. The van der Waals surface area contributed by atoms with Gasteiger partial charge in [0.2, 0.25) is 5.91 Å². The fraction of sp³-hybridized carbons (Fsp3) is 0.571. The summed E-state index contributed by atoms with van der Waals surface area (Å²) in [4.78, 5) is 47.4. The second kappa shape index (κ2) is 7.03. The molecule has 2 aliphatic rings. The summed E-state index contributed by atoms with van der Waals surface area (Å²) in [6.07, 6.45) is 0.988. The average Bonchev–Trinajstić information content (AvgIpc) is 2.49. The summed E-state index contributed by atoms with van der Waals surface area (Å²) in [6, 6.07) is -0.705. The van der Waals surface area contributed by atoms with E-state index in [2.05, 4.69) is 5.32 Å². The molecule has 2 heterocycles. The third-order valence-electron chi connectivity index (χ3n) is 3.49. The van der Waals surface area contributed by atoms with Gasteiger partial charge in [-0.25, -0.2) is 4.79 Å². The number of thioether (sulfide) groups is 1. The smallest absolute Gasteiger partial charge is 0.352 e. The van der Waals surface area contributed by atoms with Gasteiger partial charge in [0.05, 0.1) is 0 Å². The number of carbonyl (C=O) groups excluding carboxylic acids is 3. The first kappa shape index (κ1) is 17.3. The Morgan fingerprint density at radius 2 is 2.13 bits per heavy atom. The summed E-state index contributed by atoms with van der Waals surface area (Å²) in [7, 11) is 0. The Bertz CT molecular complexity index is 588. The highest BCUT2D eigenvalue weighted by Gasteiger charge is 2.54. The minimum absolute atomic E-state index is 0.152. The number of esters is 1. The number of nitrogens with zero attached hydrogens (tertiary/aromatic N) is 1. The predicted molar refractivity (Wildman–Crippen MR) is 81.2 cm³/mol. The van der Waals surface area contributed by atoms with Crippen LogP contribution >= 0.6 is 11.8 Å². The molecule has 8 nitrogen and oxygen atoms in total. The van der Waals surface area contributed by atoms with E-state index in [-0.39, 0.29) is 18.2 Å². The van der Waals surface area contributed by atoms with Gasteiger partial charge in [0, 0.05) is 24.7 Å². The molecule has 2 amide bonds. The molecule has 0 aliphatic carbocycles. The zero-order chi connectivity index (χ0) is 17.1. The van der Waals surface area contributed by atoms with E-state index in [1.165, 1.54) is 18.7 Å². The van der Waals surface area contributed by atoms with Crippen molar-refractivity contribution in [2.24, 2.45) is 0 Å². The summed E-state index contributed by atoms with van der Waals surface area (Å²) in [5.41, 5.74) is 0.224. The molecule has 0 spiro atoms. The molecule has 23 heavy (non-hydrogen) atoms. The number of carboxylic acids is 1. The van der Waals surface area contributed by atoms with Gasteiger partial charge >= 0.3 is 11.9 Å². The number of aliphatic carboxylic acids is 1. The van der Waals surface area contributed by atoms with Crippen LogP contribution in [0.1, 0.15) is 26.7 Å². The lowest BCUT2D eigenvalue weighted by atomic mass is 10.0. The van der Waals surface area contributed by atoms with Crippen LogP contribution in [-0.2, 0) is 23.9 Å². The Balaban J connectivity index is 2.14. The van der Waals surface area contributed by atoms with E-state index < -0.39 is 29.3 Å². The lowest BCUT2D eigenvalue weighted by molar-refractivity contribution is -0.151. The van der Waals surface area contributed by atoms with Crippen LogP contribution in [0.5, 0.6) is 0 Å². The number of amides is 2. The number of β-lactam (4-membered cyclic amide) rings is 1. The summed E-state index contributed by atoms with van der Waals surface area (Å²) < 4.78 is 4.85. The highest BCUT2D eigenvalue weighted by atomic mass is 32.2. The second-order valence-electron chi connectivity index (χ2n) is 5.24. The van der Waals surface area contributed by atoms with Crippen LogP contribution in [0.25, 0.3) is 0 Å². The third kappa shape index (κ3) is 3.49. The number of ether oxygens (including phenoxy) is 1. The van der Waals surface area contributed by atoms with Gasteiger partial charge in [-0.15, -0.1) is 11.8 Å². The van der Waals surface area contributed by atoms with Crippen LogP contribution in [0.4, 0.5) is 0 Å². The predicted octanol–water partition coefficient (Wildman–Crippen LogP) is 0.0882. The monoisotopic (exact) mass is 342 g/mol. The van der Waals surface area contributed by atoms with E-state index in [4.69, 9.17) is 4.74 Å². The molecule has 0 aromatic rings. The minimum atomic E-state index is -1.25. The number of hydrogen-bond acceptors (Lipinski definition) is 6. The number of hydrogen-bond donors (Lipinski definition) is 2. The molecule has 9 heteroatoms. The lowest BCUT2D eigenvalue weighted by Gasteiger charge is -2.49. The maximum absolute atomic E-state index is 12.2. The zero-order valence-electron chi connectivity index (χ0n) is 12.8. The first-order valence-electron chi connectivity index (χ1n) is 7.19. The Morgan fingerprint density at radius 3 is 2.70 bits per heavy atom. The van der Waals surface area contributed by atoms with Crippen LogP contribution in [0.2, 0.25) is 0 Å². The van der Waals surface area contributed by atoms with Gasteiger partial charge in [-0.05, 0) is 6.42 Å². The van der Waals surface area contributed by atoms with Crippen LogP contribution in [0.15, 0.2) is 11.3 Å². The van der Waals surface area contributed by atoms with Crippen molar-refractivity contribution in [1.29, 1.82) is 0 Å². The van der Waals surface area contributed by atoms with E-state index in [1.54, 1.807) is 0 Å². The maximum Gasteiger partial charge on any atom is 0.352 e. The Labute approximate surface area is 137 Å². The molecule has 0 aromatic heterocycles. The average molecular weight is 342 g/mol. The highest BCUT2D eigenvalue weighted by Crippen LogP contribution is 2.40. The van der Waals surface area contributed by atoms with Crippen molar-refractivity contribution in [3.05, 3.63) is 11.3 Å². The lowest BCUT2D eigenvalue weighted by Crippen LogP contribution is -2.70. The summed E-state index contributed by atoms with van der Waals surface area (Å²) in [5, 5.41) is 11.6. The zero-order valence-corrected chi connectivity index (χ0v) is 13.6. The summed E-state index contributed by atoms with van der Waals surface area (Å²) in [6.45, 7) is 2.93. The molecule has 0 bridgehead atoms. The minimum Gasteiger partial charge on any atom is -0.477 e. The third-order valence-corrected chi connectivity index (χ3v) is 4.83. The molecule has 126 valence electrons. The molecule has 0 saturated carbocycles. The van der Waals surface area contributed by atoms with E-state index in [0.29, 0.717) is 24.2 Å². The summed E-state index contributed by atoms with van der Waals surface area (Å²) >= 11 is 1.34. The molecular formula is C14H18N2O6S. The molecular weight excluding hydrogens is 324 g/mol. The van der Waals surface area contributed by atoms with Crippen molar-refractivity contribution in [2.75, 3.05) is 12.4 Å².